The van der Waals surface area contributed by atoms with Crippen molar-refractivity contribution in [3.63, 3.8) is 0 Å². The summed E-state index contributed by atoms with van der Waals surface area (Å²) in [6.45, 7) is 3.46. The van der Waals surface area contributed by atoms with E-state index in [9.17, 15) is 0 Å². The Kier molecular flexibility index (Phi) is 4.90. The Morgan fingerprint density at radius 2 is 2.00 bits per heavy atom. The molecule has 0 saturated carbocycles. The first-order chi connectivity index (χ1) is 6.95. The number of rotatable bonds is 0. The largest absolute Gasteiger partial charge is 0.366 e. The number of nitrogens with zero attached hydrogens (tertiary/aromatic N) is 1. The van der Waals surface area contributed by atoms with E-state index in [0.29, 0.717) is 0 Å². The lowest BCUT2D eigenvalue weighted by molar-refractivity contribution is 0.440. The Hall–Kier alpha value is -0.440. The van der Waals surface area contributed by atoms with Gasteiger partial charge in [0, 0.05) is 31.4 Å². The second kappa shape index (κ2) is 5.76. The average molecular weight is 261 g/mol. The smallest absolute Gasteiger partial charge is 0.0418 e. The molecule has 1 unspecified atom stereocenters. The fourth-order valence-corrected chi connectivity index (χ4v) is 2.66. The zero-order valence-electron chi connectivity index (χ0n) is 9.19. The molecule has 0 amide bonds. The van der Waals surface area contributed by atoms with Gasteiger partial charge in [-0.15, -0.1) is 24.8 Å². The summed E-state index contributed by atoms with van der Waals surface area (Å²) in [6.07, 6.45) is 2.56. The van der Waals surface area contributed by atoms with E-state index in [0.717, 1.165) is 19.1 Å². The topological polar surface area (TPSA) is 15.3 Å². The van der Waals surface area contributed by atoms with Gasteiger partial charge in [0.2, 0.25) is 0 Å². The van der Waals surface area contributed by atoms with Gasteiger partial charge in [0.1, 0.15) is 0 Å². The van der Waals surface area contributed by atoms with Crippen molar-refractivity contribution < 1.29 is 0 Å². The van der Waals surface area contributed by atoms with Crippen LogP contribution in [-0.2, 0) is 6.42 Å². The second-order valence-electron chi connectivity index (χ2n) is 4.22. The van der Waals surface area contributed by atoms with Crippen LogP contribution in [0.3, 0.4) is 0 Å². The number of nitrogens with one attached hydrogen (secondary N) is 1. The molecule has 1 saturated heterocycles. The number of benzene rings is 1. The van der Waals surface area contributed by atoms with Crippen LogP contribution >= 0.6 is 24.8 Å². The fraction of sp³-hybridized carbons (Fsp3) is 0.500. The summed E-state index contributed by atoms with van der Waals surface area (Å²) in [6, 6.07) is 9.59. The number of piperazine rings is 1. The van der Waals surface area contributed by atoms with E-state index in [2.05, 4.69) is 34.5 Å². The van der Waals surface area contributed by atoms with Crippen LogP contribution < -0.4 is 10.2 Å². The number of anilines is 1. The van der Waals surface area contributed by atoms with Crippen molar-refractivity contribution in [2.45, 2.75) is 18.9 Å². The van der Waals surface area contributed by atoms with Crippen LogP contribution in [0.2, 0.25) is 0 Å². The summed E-state index contributed by atoms with van der Waals surface area (Å²) in [7, 11) is 0. The number of hydrogen-bond acceptors (Lipinski definition) is 2. The number of hydrogen-bond donors (Lipinski definition) is 1. The standard InChI is InChI=1S/C12H16N2.2ClH/c1-2-4-12-10(3-1)5-6-11-9-13-7-8-14(11)12;;/h1-4,11,13H,5-9H2;2*1H. The second-order valence-corrected chi connectivity index (χ2v) is 4.22. The molecule has 4 heteroatoms. The summed E-state index contributed by atoms with van der Waals surface area (Å²) in [5.41, 5.74) is 3.01. The Bertz CT molecular complexity index is 344. The molecular weight excluding hydrogens is 243 g/mol. The van der Waals surface area contributed by atoms with Gasteiger partial charge in [-0.3, -0.25) is 0 Å². The molecule has 1 N–H and O–H groups in total. The normalized spacial score (nSPS) is 22.2. The van der Waals surface area contributed by atoms with Crippen LogP contribution in [0.4, 0.5) is 5.69 Å². The maximum atomic E-state index is 3.47. The molecule has 2 aliphatic rings. The lowest BCUT2D eigenvalue weighted by atomic mass is 9.94. The molecule has 2 nitrogen and oxygen atoms in total. The van der Waals surface area contributed by atoms with Crippen molar-refractivity contribution in [3.8, 4) is 0 Å². The van der Waals surface area contributed by atoms with Gasteiger partial charge in [0.15, 0.2) is 0 Å². The highest BCUT2D eigenvalue weighted by Crippen LogP contribution is 2.30. The Labute approximate surface area is 109 Å². The maximum Gasteiger partial charge on any atom is 0.0418 e. The van der Waals surface area contributed by atoms with Gasteiger partial charge < -0.3 is 10.2 Å². The minimum absolute atomic E-state index is 0. The predicted molar refractivity (Wildman–Crippen MR) is 73.3 cm³/mol. The number of halogens is 2. The summed E-state index contributed by atoms with van der Waals surface area (Å²) in [5, 5.41) is 3.47. The summed E-state index contributed by atoms with van der Waals surface area (Å²) in [5.74, 6) is 0. The third-order valence-corrected chi connectivity index (χ3v) is 3.40. The van der Waals surface area contributed by atoms with Gasteiger partial charge >= 0.3 is 0 Å². The van der Waals surface area contributed by atoms with Gasteiger partial charge in [0.25, 0.3) is 0 Å². The first-order valence-electron chi connectivity index (χ1n) is 5.50. The molecule has 0 radical (unpaired) electrons. The molecule has 1 aromatic rings. The molecule has 90 valence electrons. The molecule has 2 heterocycles. The van der Waals surface area contributed by atoms with Crippen LogP contribution in [0.1, 0.15) is 12.0 Å². The Morgan fingerprint density at radius 1 is 1.19 bits per heavy atom. The number of para-hydroxylation sites is 1. The molecule has 1 aromatic carbocycles. The SMILES string of the molecule is Cl.Cl.c1ccc2c(c1)CCC1CNCCN21. The van der Waals surface area contributed by atoms with E-state index in [1.165, 1.54) is 30.6 Å². The molecule has 1 fully saturated rings. The van der Waals surface area contributed by atoms with Crippen molar-refractivity contribution >= 4 is 30.5 Å². The van der Waals surface area contributed by atoms with Gasteiger partial charge in [-0.05, 0) is 24.5 Å². The van der Waals surface area contributed by atoms with Crippen LogP contribution in [0.15, 0.2) is 24.3 Å². The van der Waals surface area contributed by atoms with Crippen LogP contribution in [0.25, 0.3) is 0 Å². The summed E-state index contributed by atoms with van der Waals surface area (Å²) in [4.78, 5) is 2.58. The predicted octanol–water partition coefficient (Wildman–Crippen LogP) is 2.25. The minimum atomic E-state index is 0. The highest BCUT2D eigenvalue weighted by Gasteiger charge is 2.27. The highest BCUT2D eigenvalue weighted by atomic mass is 35.5. The van der Waals surface area contributed by atoms with Gasteiger partial charge in [0.05, 0.1) is 0 Å². The van der Waals surface area contributed by atoms with Gasteiger partial charge in [-0.2, -0.15) is 0 Å². The number of aryl methyl sites for hydroxylation is 1. The third kappa shape index (κ3) is 2.29. The molecule has 0 spiro atoms. The fourth-order valence-electron chi connectivity index (χ4n) is 2.66. The van der Waals surface area contributed by atoms with Crippen LogP contribution in [-0.4, -0.2) is 25.7 Å². The Morgan fingerprint density at radius 3 is 2.88 bits per heavy atom. The first kappa shape index (κ1) is 13.6. The average Bonchev–Trinajstić information content (AvgIpc) is 2.29. The molecule has 0 bridgehead atoms. The maximum absolute atomic E-state index is 3.47. The molecule has 1 atom stereocenters. The van der Waals surface area contributed by atoms with E-state index in [1.807, 2.05) is 0 Å². The number of fused-ring (bicyclic) bond motifs is 3. The van der Waals surface area contributed by atoms with E-state index >= 15 is 0 Å². The van der Waals surface area contributed by atoms with Crippen molar-refractivity contribution in [2.24, 2.45) is 0 Å². The van der Waals surface area contributed by atoms with E-state index in [1.54, 1.807) is 0 Å². The molecular formula is C12H18Cl2N2. The van der Waals surface area contributed by atoms with Gasteiger partial charge in [-0.1, -0.05) is 18.2 Å². The van der Waals surface area contributed by atoms with E-state index in [4.69, 9.17) is 0 Å². The molecule has 16 heavy (non-hydrogen) atoms. The summed E-state index contributed by atoms with van der Waals surface area (Å²) >= 11 is 0. The van der Waals surface area contributed by atoms with Crippen LogP contribution in [0.5, 0.6) is 0 Å². The van der Waals surface area contributed by atoms with Crippen molar-refractivity contribution in [1.82, 2.24) is 5.32 Å². The summed E-state index contributed by atoms with van der Waals surface area (Å²) < 4.78 is 0. The quantitative estimate of drug-likeness (QED) is 0.770. The lowest BCUT2D eigenvalue weighted by Crippen LogP contribution is -2.53. The molecule has 3 rings (SSSR count). The van der Waals surface area contributed by atoms with E-state index < -0.39 is 0 Å². The van der Waals surface area contributed by atoms with Crippen LogP contribution in [0, 0.1) is 0 Å². The zero-order chi connectivity index (χ0) is 9.38. The van der Waals surface area contributed by atoms with Crippen molar-refractivity contribution in [2.75, 3.05) is 24.5 Å². The monoisotopic (exact) mass is 260 g/mol. The molecule has 2 aliphatic heterocycles. The van der Waals surface area contributed by atoms with Crippen molar-refractivity contribution in [3.05, 3.63) is 29.8 Å². The molecule has 0 aromatic heterocycles. The van der Waals surface area contributed by atoms with E-state index in [-0.39, 0.29) is 24.8 Å². The highest BCUT2D eigenvalue weighted by molar-refractivity contribution is 5.85. The lowest BCUT2D eigenvalue weighted by Gasteiger charge is -2.42. The van der Waals surface area contributed by atoms with Crippen molar-refractivity contribution in [1.29, 1.82) is 0 Å². The van der Waals surface area contributed by atoms with Gasteiger partial charge in [-0.25, -0.2) is 0 Å². The Balaban J connectivity index is 0.000000640. The first-order valence-corrected chi connectivity index (χ1v) is 5.50. The zero-order valence-corrected chi connectivity index (χ0v) is 10.8. The third-order valence-electron chi connectivity index (χ3n) is 3.40. The molecule has 0 aliphatic carbocycles. The minimum Gasteiger partial charge on any atom is -0.366 e.